The summed E-state index contributed by atoms with van der Waals surface area (Å²) in [4.78, 5) is 64.7. The molecule has 0 aliphatic rings. The Balaban J connectivity index is 1.29. The molecule has 4 rings (SSSR count). The second-order valence-corrected chi connectivity index (χ2v) is 9.92. The number of hydrogen-bond donors (Lipinski definition) is 10. The summed E-state index contributed by atoms with van der Waals surface area (Å²) in [5.74, 6) is 4.25. The van der Waals surface area contributed by atoms with Crippen molar-refractivity contribution in [1.82, 2.24) is 36.1 Å². The molecule has 0 aliphatic heterocycles. The van der Waals surface area contributed by atoms with Crippen LogP contribution in [-0.2, 0) is 16.1 Å². The summed E-state index contributed by atoms with van der Waals surface area (Å²) in [5.41, 5.74) is 28.6. The lowest BCUT2D eigenvalue weighted by atomic mass is 10.0. The number of carbonyl (C=O) groups excluding carboxylic acids is 4. The minimum absolute atomic E-state index is 0.00155. The van der Waals surface area contributed by atoms with Crippen molar-refractivity contribution in [3.8, 4) is 0 Å². The first-order valence-electron chi connectivity index (χ1n) is 14.0. The van der Waals surface area contributed by atoms with Crippen LogP contribution in [0.2, 0.25) is 0 Å². The monoisotopic (exact) mass is 643 g/mol. The lowest BCUT2D eigenvalue weighted by molar-refractivity contribution is -0.109. The topological polar surface area (TPSA) is 322 Å². The van der Waals surface area contributed by atoms with Gasteiger partial charge in [-0.15, -0.1) is 5.10 Å². The number of hydrogen-bond acceptors (Lipinski definition) is 15. The SMILES string of the molecule is NN/N=C(\N)c1cc(NC=O)ccc1C(=O)NCCCC(C=O)NC(=O)c1ccc(NCc2cnc3nc(N)nc(N)c3n2)c(N)c1. The molecule has 0 bridgehead atoms. The third-order valence-corrected chi connectivity index (χ3v) is 6.68. The predicted molar refractivity (Wildman–Crippen MR) is 175 cm³/mol. The fourth-order valence-electron chi connectivity index (χ4n) is 4.41. The number of hydrazone groups is 1. The summed E-state index contributed by atoms with van der Waals surface area (Å²) in [7, 11) is 0. The van der Waals surface area contributed by atoms with Crippen molar-refractivity contribution in [2.24, 2.45) is 16.7 Å². The van der Waals surface area contributed by atoms with E-state index in [4.69, 9.17) is 28.8 Å². The summed E-state index contributed by atoms with van der Waals surface area (Å²) in [6, 6.07) is 8.29. The van der Waals surface area contributed by atoms with E-state index in [1.54, 1.807) is 12.1 Å². The fraction of sp³-hybridized carbons (Fsp3) is 0.179. The molecule has 0 saturated carbocycles. The molecule has 0 fully saturated rings. The first kappa shape index (κ1) is 33.3. The third-order valence-electron chi connectivity index (χ3n) is 6.68. The number of fused-ring (bicyclic) bond motifs is 1. The van der Waals surface area contributed by atoms with Crippen molar-refractivity contribution in [1.29, 1.82) is 0 Å². The molecular formula is C28H33N15O4. The first-order valence-corrected chi connectivity index (χ1v) is 14.0. The molecule has 2 heterocycles. The average molecular weight is 644 g/mol. The van der Waals surface area contributed by atoms with E-state index in [2.05, 4.69) is 51.8 Å². The Morgan fingerprint density at radius 3 is 2.51 bits per heavy atom. The van der Waals surface area contributed by atoms with Crippen molar-refractivity contribution in [3.05, 3.63) is 65.0 Å². The number of amidine groups is 1. The maximum absolute atomic E-state index is 12.9. The van der Waals surface area contributed by atoms with Gasteiger partial charge in [-0.1, -0.05) is 0 Å². The summed E-state index contributed by atoms with van der Waals surface area (Å²) in [6.07, 6.45) is 3.21. The molecule has 0 spiro atoms. The lowest BCUT2D eigenvalue weighted by Crippen LogP contribution is -2.37. The molecule has 244 valence electrons. The van der Waals surface area contributed by atoms with Crippen molar-refractivity contribution in [2.45, 2.75) is 25.4 Å². The number of nitrogen functional groups attached to an aromatic ring is 3. The number of aldehydes is 1. The number of amides is 3. The number of aromatic nitrogens is 4. The highest BCUT2D eigenvalue weighted by Crippen LogP contribution is 2.22. The van der Waals surface area contributed by atoms with Crippen LogP contribution in [0, 0.1) is 0 Å². The minimum Gasteiger partial charge on any atom is -0.397 e. The van der Waals surface area contributed by atoms with Crippen molar-refractivity contribution >= 4 is 70.3 Å². The fourth-order valence-corrected chi connectivity index (χ4v) is 4.41. The van der Waals surface area contributed by atoms with Gasteiger partial charge in [-0.05, 0) is 49.2 Å². The van der Waals surface area contributed by atoms with E-state index in [1.165, 1.54) is 30.5 Å². The number of carbonyl (C=O) groups is 4. The third kappa shape index (κ3) is 8.51. The molecule has 19 heteroatoms. The maximum atomic E-state index is 12.9. The number of nitrogens with one attached hydrogen (secondary N) is 5. The van der Waals surface area contributed by atoms with Crippen LogP contribution in [0.15, 0.2) is 47.7 Å². The molecule has 1 atom stereocenters. The van der Waals surface area contributed by atoms with Crippen LogP contribution in [0.5, 0.6) is 0 Å². The Morgan fingerprint density at radius 1 is 0.979 bits per heavy atom. The van der Waals surface area contributed by atoms with Gasteiger partial charge in [0.15, 0.2) is 22.8 Å². The van der Waals surface area contributed by atoms with E-state index in [9.17, 15) is 19.2 Å². The van der Waals surface area contributed by atoms with Crippen LogP contribution in [0.25, 0.3) is 11.2 Å². The molecule has 0 radical (unpaired) electrons. The first-order chi connectivity index (χ1) is 22.6. The van der Waals surface area contributed by atoms with Crippen LogP contribution < -0.4 is 55.6 Å². The van der Waals surface area contributed by atoms with E-state index in [-0.39, 0.29) is 65.1 Å². The van der Waals surface area contributed by atoms with Gasteiger partial charge in [0.2, 0.25) is 12.4 Å². The number of anilines is 5. The van der Waals surface area contributed by atoms with Crippen molar-refractivity contribution in [3.63, 3.8) is 0 Å². The van der Waals surface area contributed by atoms with E-state index in [0.29, 0.717) is 41.7 Å². The summed E-state index contributed by atoms with van der Waals surface area (Å²) in [6.45, 7) is 0.420. The van der Waals surface area contributed by atoms with Gasteiger partial charge in [0.25, 0.3) is 11.8 Å². The second kappa shape index (κ2) is 15.4. The Hall–Kier alpha value is -6.63. The largest absolute Gasteiger partial charge is 0.397 e. The standard InChI is InChI=1S/C28H33N15O4/c29-20-8-14(3-6-21(20)35-10-17-11-36-25-22(38-17)24(31)40-28(32)41-25)26(46)39-16(12-44)2-1-7-34-27(47)18-5-4-15(37-13-45)9-19(18)23(30)42-43-33/h3-6,8-9,11-13,16,35,43H,1-2,7,10,29,33H2,(H2,30,42)(H,34,47)(H,37,45)(H,39,46)(H4,31,32,36,40,41). The highest BCUT2D eigenvalue weighted by molar-refractivity contribution is 6.09. The molecule has 19 nitrogen and oxygen atoms in total. The molecule has 15 N–H and O–H groups in total. The number of nitrogens with two attached hydrogens (primary N) is 5. The van der Waals surface area contributed by atoms with Gasteiger partial charge in [0.1, 0.15) is 6.29 Å². The molecule has 1 unspecified atom stereocenters. The normalized spacial score (nSPS) is 11.7. The Kier molecular flexibility index (Phi) is 10.9. The molecular weight excluding hydrogens is 610 g/mol. The highest BCUT2D eigenvalue weighted by Gasteiger charge is 2.17. The van der Waals surface area contributed by atoms with Crippen LogP contribution in [0.4, 0.5) is 28.8 Å². The lowest BCUT2D eigenvalue weighted by Gasteiger charge is -2.15. The van der Waals surface area contributed by atoms with Gasteiger partial charge < -0.3 is 49.0 Å². The van der Waals surface area contributed by atoms with Crippen LogP contribution in [0.3, 0.4) is 0 Å². The summed E-state index contributed by atoms with van der Waals surface area (Å²) < 4.78 is 0. The summed E-state index contributed by atoms with van der Waals surface area (Å²) in [5, 5.41) is 14.7. The molecule has 0 aliphatic carbocycles. The quantitative estimate of drug-likeness (QED) is 0.0140. The van der Waals surface area contributed by atoms with E-state index in [0.717, 1.165) is 0 Å². The maximum Gasteiger partial charge on any atom is 0.252 e. The predicted octanol–water partition coefficient (Wildman–Crippen LogP) is -1.06. The molecule has 2 aromatic carbocycles. The van der Waals surface area contributed by atoms with Gasteiger partial charge in [0.05, 0.1) is 41.4 Å². The van der Waals surface area contributed by atoms with Crippen molar-refractivity contribution in [2.75, 3.05) is 34.4 Å². The Labute approximate surface area is 267 Å². The molecule has 0 saturated heterocycles. The number of benzene rings is 2. The molecule has 47 heavy (non-hydrogen) atoms. The number of nitrogens with zero attached hydrogens (tertiary/aromatic N) is 5. The minimum atomic E-state index is -0.820. The Bertz CT molecular complexity index is 1830. The second-order valence-electron chi connectivity index (χ2n) is 9.92. The van der Waals surface area contributed by atoms with Crippen LogP contribution >= 0.6 is 0 Å². The van der Waals surface area contributed by atoms with E-state index < -0.39 is 17.9 Å². The van der Waals surface area contributed by atoms with Crippen LogP contribution in [0.1, 0.15) is 44.8 Å². The van der Waals surface area contributed by atoms with Crippen LogP contribution in [-0.4, -0.2) is 62.9 Å². The van der Waals surface area contributed by atoms with Gasteiger partial charge >= 0.3 is 0 Å². The summed E-state index contributed by atoms with van der Waals surface area (Å²) >= 11 is 0. The van der Waals surface area contributed by atoms with Gasteiger partial charge in [-0.25, -0.2) is 21.3 Å². The zero-order valence-electron chi connectivity index (χ0n) is 24.9. The highest BCUT2D eigenvalue weighted by atomic mass is 16.2. The van der Waals surface area contributed by atoms with Gasteiger partial charge in [0, 0.05) is 23.4 Å². The molecule has 2 aromatic heterocycles. The average Bonchev–Trinajstić information content (AvgIpc) is 3.05. The smallest absolute Gasteiger partial charge is 0.252 e. The van der Waals surface area contributed by atoms with Gasteiger partial charge in [-0.3, -0.25) is 14.4 Å². The molecule has 3 amide bonds. The zero-order valence-corrected chi connectivity index (χ0v) is 24.9. The number of hydrazine groups is 1. The van der Waals surface area contributed by atoms with Crippen molar-refractivity contribution < 1.29 is 19.2 Å². The zero-order chi connectivity index (χ0) is 33.9. The Morgan fingerprint density at radius 2 is 1.79 bits per heavy atom. The number of rotatable bonds is 15. The van der Waals surface area contributed by atoms with E-state index in [1.807, 2.05) is 0 Å². The molecule has 4 aromatic rings. The van der Waals surface area contributed by atoms with Gasteiger partial charge in [-0.2, -0.15) is 9.97 Å². The van der Waals surface area contributed by atoms with E-state index >= 15 is 0 Å².